The summed E-state index contributed by atoms with van der Waals surface area (Å²) in [4.78, 5) is 13.9. The first-order valence-corrected chi connectivity index (χ1v) is 6.95. The Morgan fingerprint density at radius 2 is 2.00 bits per heavy atom. The summed E-state index contributed by atoms with van der Waals surface area (Å²) >= 11 is 0. The van der Waals surface area contributed by atoms with Gasteiger partial charge in [-0.15, -0.1) is 0 Å². The van der Waals surface area contributed by atoms with E-state index in [-0.39, 0.29) is 18.0 Å². The summed E-state index contributed by atoms with van der Waals surface area (Å²) < 4.78 is 5.43. The average molecular weight is 262 g/mol. The Labute approximate surface area is 114 Å². The molecule has 19 heavy (non-hydrogen) atoms. The van der Waals surface area contributed by atoms with Gasteiger partial charge in [0.25, 0.3) is 0 Å². The normalized spacial score (nSPS) is 22.9. The smallest absolute Gasteiger partial charge is 0.224 e. The highest BCUT2D eigenvalue weighted by Crippen LogP contribution is 2.32. The zero-order chi connectivity index (χ0) is 13.8. The van der Waals surface area contributed by atoms with E-state index in [9.17, 15) is 4.79 Å². The van der Waals surface area contributed by atoms with E-state index in [2.05, 4.69) is 6.92 Å². The Morgan fingerprint density at radius 1 is 1.32 bits per heavy atom. The number of nitrogens with zero attached hydrogens (tertiary/aromatic N) is 1. The molecule has 1 saturated heterocycles. The Hall–Kier alpha value is -1.55. The molecule has 1 aromatic rings. The lowest BCUT2D eigenvalue weighted by Gasteiger charge is -2.27. The molecule has 0 saturated carbocycles. The number of hydrogen-bond donors (Lipinski definition) is 1. The quantitative estimate of drug-likeness (QED) is 0.884. The van der Waals surface area contributed by atoms with Crippen LogP contribution in [0.4, 0.5) is 0 Å². The summed E-state index contributed by atoms with van der Waals surface area (Å²) in [6.07, 6.45) is 1.39. The Bertz CT molecular complexity index is 430. The molecule has 104 valence electrons. The van der Waals surface area contributed by atoms with Crippen LogP contribution in [0.3, 0.4) is 0 Å². The Balaban J connectivity index is 2.20. The number of hydrogen-bond acceptors (Lipinski definition) is 3. The van der Waals surface area contributed by atoms with Crippen molar-refractivity contribution in [2.45, 2.75) is 38.8 Å². The number of amides is 1. The van der Waals surface area contributed by atoms with Crippen molar-refractivity contribution in [2.24, 2.45) is 5.73 Å². The molecular weight excluding hydrogens is 240 g/mol. The van der Waals surface area contributed by atoms with E-state index in [4.69, 9.17) is 10.5 Å². The largest absolute Gasteiger partial charge is 0.494 e. The lowest BCUT2D eigenvalue weighted by molar-refractivity contribution is -0.129. The number of carbonyl (C=O) groups excluding carboxylic acids is 1. The van der Waals surface area contributed by atoms with Gasteiger partial charge < -0.3 is 15.4 Å². The minimum atomic E-state index is -0.114. The second kappa shape index (κ2) is 6.06. The van der Waals surface area contributed by atoms with Crippen LogP contribution in [0, 0.1) is 0 Å². The highest BCUT2D eigenvalue weighted by molar-refractivity contribution is 5.80. The van der Waals surface area contributed by atoms with E-state index in [1.54, 1.807) is 0 Å². The summed E-state index contributed by atoms with van der Waals surface area (Å²) in [5.41, 5.74) is 7.22. The van der Waals surface area contributed by atoms with Crippen LogP contribution >= 0.6 is 0 Å². The summed E-state index contributed by atoms with van der Waals surface area (Å²) in [7, 11) is 0. The molecule has 1 amide bonds. The van der Waals surface area contributed by atoms with Crippen molar-refractivity contribution in [1.82, 2.24) is 4.90 Å². The molecule has 2 rings (SSSR count). The number of ether oxygens (including phenoxy) is 1. The number of likely N-dealkylation sites (tertiary alicyclic amines) is 1. The van der Waals surface area contributed by atoms with E-state index in [1.807, 2.05) is 36.1 Å². The van der Waals surface area contributed by atoms with Crippen LogP contribution in [0.1, 0.15) is 38.3 Å². The molecule has 1 aliphatic rings. The van der Waals surface area contributed by atoms with Gasteiger partial charge in [0.1, 0.15) is 5.75 Å². The van der Waals surface area contributed by atoms with E-state index in [0.717, 1.165) is 24.3 Å². The number of benzene rings is 1. The fraction of sp³-hybridized carbons (Fsp3) is 0.533. The van der Waals surface area contributed by atoms with Crippen LogP contribution in [-0.2, 0) is 4.79 Å². The molecule has 1 fully saturated rings. The molecule has 2 atom stereocenters. The van der Waals surface area contributed by atoms with Gasteiger partial charge in [-0.1, -0.05) is 19.1 Å². The zero-order valence-electron chi connectivity index (χ0n) is 11.6. The number of nitrogens with two attached hydrogens (primary N) is 1. The van der Waals surface area contributed by atoms with Gasteiger partial charge in [-0.05, 0) is 31.0 Å². The van der Waals surface area contributed by atoms with Crippen LogP contribution in [0.5, 0.6) is 5.75 Å². The molecular formula is C15H22N2O2. The molecule has 4 heteroatoms. The lowest BCUT2D eigenvalue weighted by Crippen LogP contribution is -2.33. The van der Waals surface area contributed by atoms with Crippen molar-refractivity contribution in [1.29, 1.82) is 0 Å². The maximum Gasteiger partial charge on any atom is 0.224 e. The van der Waals surface area contributed by atoms with Crippen LogP contribution in [0.15, 0.2) is 24.3 Å². The first-order valence-electron chi connectivity index (χ1n) is 6.95. The minimum absolute atomic E-state index is 0.00289. The standard InChI is InChI=1S/C15H22N2O2/c1-3-9-17-14(18)10-13(16)15(17)11-5-7-12(8-6-11)19-4-2/h5-8,13,15H,3-4,9-10,16H2,1-2H3. The van der Waals surface area contributed by atoms with Gasteiger partial charge in [-0.2, -0.15) is 0 Å². The maximum atomic E-state index is 11.9. The van der Waals surface area contributed by atoms with Crippen LogP contribution in [0.25, 0.3) is 0 Å². The Kier molecular flexibility index (Phi) is 4.43. The molecule has 0 radical (unpaired) electrons. The molecule has 0 bridgehead atoms. The van der Waals surface area contributed by atoms with Gasteiger partial charge >= 0.3 is 0 Å². The second-order valence-corrected chi connectivity index (χ2v) is 4.90. The number of carbonyl (C=O) groups is 1. The predicted octanol–water partition coefficient (Wildman–Crippen LogP) is 2.10. The van der Waals surface area contributed by atoms with Crippen molar-refractivity contribution in [3.8, 4) is 5.75 Å². The average Bonchev–Trinajstić information content (AvgIpc) is 2.67. The van der Waals surface area contributed by atoms with E-state index < -0.39 is 0 Å². The van der Waals surface area contributed by atoms with Crippen LogP contribution in [-0.4, -0.2) is 30.0 Å². The van der Waals surface area contributed by atoms with Crippen molar-refractivity contribution in [3.63, 3.8) is 0 Å². The summed E-state index contributed by atoms with van der Waals surface area (Å²) in [5.74, 6) is 1.01. The monoisotopic (exact) mass is 262 g/mol. The van der Waals surface area contributed by atoms with Gasteiger partial charge in [0, 0.05) is 19.0 Å². The maximum absolute atomic E-state index is 11.9. The lowest BCUT2D eigenvalue weighted by atomic mass is 10.0. The molecule has 1 aromatic carbocycles. The van der Waals surface area contributed by atoms with Gasteiger partial charge in [-0.3, -0.25) is 4.79 Å². The van der Waals surface area contributed by atoms with Crippen LogP contribution in [0.2, 0.25) is 0 Å². The van der Waals surface area contributed by atoms with E-state index in [1.165, 1.54) is 0 Å². The first-order chi connectivity index (χ1) is 9.17. The summed E-state index contributed by atoms with van der Waals surface area (Å²) in [5, 5.41) is 0. The van der Waals surface area contributed by atoms with Crippen molar-refractivity contribution in [2.75, 3.05) is 13.2 Å². The fourth-order valence-corrected chi connectivity index (χ4v) is 2.68. The Morgan fingerprint density at radius 3 is 2.58 bits per heavy atom. The topological polar surface area (TPSA) is 55.6 Å². The number of rotatable bonds is 5. The molecule has 1 heterocycles. The highest BCUT2D eigenvalue weighted by Gasteiger charge is 2.37. The fourth-order valence-electron chi connectivity index (χ4n) is 2.68. The molecule has 4 nitrogen and oxygen atoms in total. The van der Waals surface area contributed by atoms with Gasteiger partial charge in [-0.25, -0.2) is 0 Å². The third-order valence-electron chi connectivity index (χ3n) is 3.47. The van der Waals surface area contributed by atoms with Gasteiger partial charge in [0.15, 0.2) is 0 Å². The molecule has 0 aromatic heterocycles. The molecule has 0 aliphatic carbocycles. The van der Waals surface area contributed by atoms with Crippen molar-refractivity contribution in [3.05, 3.63) is 29.8 Å². The SMILES string of the molecule is CCCN1C(=O)CC(N)C1c1ccc(OCC)cc1. The molecule has 2 unspecified atom stereocenters. The summed E-state index contributed by atoms with van der Waals surface area (Å²) in [6, 6.07) is 7.80. The van der Waals surface area contributed by atoms with Crippen LogP contribution < -0.4 is 10.5 Å². The third kappa shape index (κ3) is 2.89. The zero-order valence-corrected chi connectivity index (χ0v) is 11.6. The summed E-state index contributed by atoms with van der Waals surface area (Å²) in [6.45, 7) is 5.46. The van der Waals surface area contributed by atoms with Crippen molar-refractivity contribution >= 4 is 5.91 Å². The van der Waals surface area contributed by atoms with E-state index in [0.29, 0.717) is 13.0 Å². The first kappa shape index (κ1) is 13.9. The van der Waals surface area contributed by atoms with E-state index >= 15 is 0 Å². The minimum Gasteiger partial charge on any atom is -0.494 e. The van der Waals surface area contributed by atoms with Gasteiger partial charge in [0.2, 0.25) is 5.91 Å². The predicted molar refractivity (Wildman–Crippen MR) is 74.9 cm³/mol. The molecule has 0 spiro atoms. The molecule has 2 N–H and O–H groups in total. The second-order valence-electron chi connectivity index (χ2n) is 4.90. The van der Waals surface area contributed by atoms with Crippen molar-refractivity contribution < 1.29 is 9.53 Å². The van der Waals surface area contributed by atoms with Gasteiger partial charge in [0.05, 0.1) is 12.6 Å². The molecule has 1 aliphatic heterocycles. The third-order valence-corrected chi connectivity index (χ3v) is 3.47. The highest BCUT2D eigenvalue weighted by atomic mass is 16.5.